The van der Waals surface area contributed by atoms with Crippen LogP contribution >= 0.6 is 12.6 Å². The van der Waals surface area contributed by atoms with Crippen molar-refractivity contribution in [3.8, 4) is 5.75 Å². The molecule has 0 spiro atoms. The molecule has 0 aromatic heterocycles. The summed E-state index contributed by atoms with van der Waals surface area (Å²) in [5.74, 6) is 0.177. The Morgan fingerprint density at radius 2 is 1.88 bits per heavy atom. The van der Waals surface area contributed by atoms with E-state index < -0.39 is 0 Å². The third-order valence-electron chi connectivity index (χ3n) is 2.48. The Morgan fingerprint density at radius 3 is 2.59 bits per heavy atom. The van der Waals surface area contributed by atoms with Gasteiger partial charge in [-0.05, 0) is 23.8 Å². The van der Waals surface area contributed by atoms with Gasteiger partial charge < -0.3 is 5.11 Å². The number of Topliss-reactive ketones (excluding diaryl/α,β-unsaturated/α-hetero) is 1. The summed E-state index contributed by atoms with van der Waals surface area (Å²) < 4.78 is 0. The Kier molecular flexibility index (Phi) is 3.49. The number of phenols is 1. The first-order chi connectivity index (χ1) is 8.16. The molecule has 3 heteroatoms. The van der Waals surface area contributed by atoms with Crippen LogP contribution in [0.1, 0.15) is 15.9 Å². The Balaban J connectivity index is 2.20. The summed E-state index contributed by atoms with van der Waals surface area (Å²) >= 11 is 4.25. The predicted octanol–water partition coefficient (Wildman–Crippen LogP) is 3.11. The lowest BCUT2D eigenvalue weighted by Gasteiger charge is -2.04. The minimum atomic E-state index is 0.00111. The lowest BCUT2D eigenvalue weighted by atomic mass is 10.0. The van der Waals surface area contributed by atoms with Crippen molar-refractivity contribution >= 4 is 18.4 Å². The third-order valence-corrected chi connectivity index (χ3v) is 2.87. The Labute approximate surface area is 105 Å². The number of ketones is 1. The zero-order valence-corrected chi connectivity index (χ0v) is 10.0. The number of hydrogen-bond donors (Lipinski definition) is 2. The van der Waals surface area contributed by atoms with E-state index in [4.69, 9.17) is 0 Å². The summed E-state index contributed by atoms with van der Waals surface area (Å²) in [6.07, 6.45) is 0.270. The first kappa shape index (κ1) is 11.7. The van der Waals surface area contributed by atoms with Crippen LogP contribution < -0.4 is 0 Å². The molecule has 0 fully saturated rings. The Hall–Kier alpha value is -1.74. The maximum absolute atomic E-state index is 12.0. The minimum Gasteiger partial charge on any atom is -0.508 e. The standard InChI is InChI=1S/C14H12O2S/c15-11-5-3-4-10(8-11)9-13(16)12-6-1-2-7-14(12)17/h1-8,15,17H,9H2. The van der Waals surface area contributed by atoms with E-state index in [1.54, 1.807) is 30.3 Å². The molecule has 2 aromatic rings. The third kappa shape index (κ3) is 2.88. The predicted molar refractivity (Wildman–Crippen MR) is 69.8 cm³/mol. The first-order valence-electron chi connectivity index (χ1n) is 5.26. The molecule has 0 aliphatic rings. The lowest BCUT2D eigenvalue weighted by Crippen LogP contribution is -2.04. The monoisotopic (exact) mass is 244 g/mol. The van der Waals surface area contributed by atoms with Gasteiger partial charge in [-0.1, -0.05) is 30.3 Å². The highest BCUT2D eigenvalue weighted by Crippen LogP contribution is 2.17. The average Bonchev–Trinajstić information content (AvgIpc) is 2.29. The summed E-state index contributed by atoms with van der Waals surface area (Å²) in [6.45, 7) is 0. The average molecular weight is 244 g/mol. The van der Waals surface area contributed by atoms with Gasteiger partial charge in [0.25, 0.3) is 0 Å². The van der Waals surface area contributed by atoms with Crippen LogP contribution in [0.5, 0.6) is 5.75 Å². The smallest absolute Gasteiger partial charge is 0.168 e. The number of aromatic hydroxyl groups is 1. The molecule has 0 amide bonds. The molecule has 1 N–H and O–H groups in total. The van der Waals surface area contributed by atoms with E-state index in [0.29, 0.717) is 10.5 Å². The number of hydrogen-bond acceptors (Lipinski definition) is 3. The van der Waals surface area contributed by atoms with Crippen LogP contribution in [0.4, 0.5) is 0 Å². The van der Waals surface area contributed by atoms with Crippen LogP contribution in [0, 0.1) is 0 Å². The van der Waals surface area contributed by atoms with Crippen LogP contribution in [0.3, 0.4) is 0 Å². The fourth-order valence-electron chi connectivity index (χ4n) is 1.66. The number of carbonyl (C=O) groups is 1. The molecule has 0 aliphatic heterocycles. The molecule has 0 radical (unpaired) electrons. The van der Waals surface area contributed by atoms with E-state index in [2.05, 4.69) is 12.6 Å². The molecular weight excluding hydrogens is 232 g/mol. The van der Waals surface area contributed by atoms with E-state index in [0.717, 1.165) is 5.56 Å². The van der Waals surface area contributed by atoms with Crippen molar-refractivity contribution in [3.63, 3.8) is 0 Å². The van der Waals surface area contributed by atoms with Crippen molar-refractivity contribution < 1.29 is 9.90 Å². The molecule has 0 atom stereocenters. The van der Waals surface area contributed by atoms with Gasteiger partial charge in [0.1, 0.15) is 5.75 Å². The van der Waals surface area contributed by atoms with Crippen molar-refractivity contribution in [3.05, 3.63) is 59.7 Å². The Morgan fingerprint density at radius 1 is 1.12 bits per heavy atom. The van der Waals surface area contributed by atoms with Crippen molar-refractivity contribution in [1.82, 2.24) is 0 Å². The number of phenolic OH excluding ortho intramolecular Hbond substituents is 1. The fraction of sp³-hybridized carbons (Fsp3) is 0.0714. The highest BCUT2D eigenvalue weighted by Gasteiger charge is 2.09. The largest absolute Gasteiger partial charge is 0.508 e. The van der Waals surface area contributed by atoms with E-state index in [-0.39, 0.29) is 18.0 Å². The second-order valence-electron chi connectivity index (χ2n) is 3.79. The van der Waals surface area contributed by atoms with Crippen molar-refractivity contribution in [2.24, 2.45) is 0 Å². The minimum absolute atomic E-state index is 0.00111. The number of rotatable bonds is 3. The van der Waals surface area contributed by atoms with Crippen molar-refractivity contribution in [1.29, 1.82) is 0 Å². The molecule has 0 heterocycles. The fourth-order valence-corrected chi connectivity index (χ4v) is 1.94. The van der Waals surface area contributed by atoms with Crippen LogP contribution in [0.15, 0.2) is 53.4 Å². The Bertz CT molecular complexity index is 549. The second kappa shape index (κ2) is 5.06. The SMILES string of the molecule is O=C(Cc1cccc(O)c1)c1ccccc1S. The van der Waals surface area contributed by atoms with Crippen LogP contribution in [-0.2, 0) is 6.42 Å². The normalized spacial score (nSPS) is 10.2. The van der Waals surface area contributed by atoms with E-state index in [1.165, 1.54) is 0 Å². The molecule has 0 saturated carbocycles. The summed E-state index contributed by atoms with van der Waals surface area (Å²) in [7, 11) is 0. The van der Waals surface area contributed by atoms with Gasteiger partial charge >= 0.3 is 0 Å². The van der Waals surface area contributed by atoms with Gasteiger partial charge in [0.05, 0.1) is 0 Å². The van der Waals surface area contributed by atoms with Gasteiger partial charge in [0.2, 0.25) is 0 Å². The molecule has 2 rings (SSSR count). The highest BCUT2D eigenvalue weighted by atomic mass is 32.1. The van der Waals surface area contributed by atoms with Gasteiger partial charge in [0, 0.05) is 16.9 Å². The molecule has 0 bridgehead atoms. The molecule has 0 unspecified atom stereocenters. The number of carbonyl (C=O) groups excluding carboxylic acids is 1. The summed E-state index contributed by atoms with van der Waals surface area (Å²) in [5.41, 5.74) is 1.41. The van der Waals surface area contributed by atoms with Crippen LogP contribution in [-0.4, -0.2) is 10.9 Å². The topological polar surface area (TPSA) is 37.3 Å². The number of benzene rings is 2. The van der Waals surface area contributed by atoms with Gasteiger partial charge in [-0.25, -0.2) is 0 Å². The molecule has 2 aromatic carbocycles. The zero-order valence-electron chi connectivity index (χ0n) is 9.13. The van der Waals surface area contributed by atoms with E-state index in [9.17, 15) is 9.90 Å². The lowest BCUT2D eigenvalue weighted by molar-refractivity contribution is 0.0990. The second-order valence-corrected chi connectivity index (χ2v) is 4.27. The summed E-state index contributed by atoms with van der Waals surface area (Å²) in [6, 6.07) is 13.9. The van der Waals surface area contributed by atoms with E-state index >= 15 is 0 Å². The maximum atomic E-state index is 12.0. The van der Waals surface area contributed by atoms with Gasteiger partial charge in [-0.2, -0.15) is 0 Å². The maximum Gasteiger partial charge on any atom is 0.168 e. The molecule has 86 valence electrons. The number of thiol groups is 1. The zero-order chi connectivity index (χ0) is 12.3. The van der Waals surface area contributed by atoms with Gasteiger partial charge in [-0.15, -0.1) is 12.6 Å². The quantitative estimate of drug-likeness (QED) is 0.643. The van der Waals surface area contributed by atoms with Gasteiger partial charge in [-0.3, -0.25) is 4.79 Å². The van der Waals surface area contributed by atoms with Crippen LogP contribution in [0.2, 0.25) is 0 Å². The van der Waals surface area contributed by atoms with Crippen molar-refractivity contribution in [2.45, 2.75) is 11.3 Å². The molecule has 17 heavy (non-hydrogen) atoms. The summed E-state index contributed by atoms with van der Waals surface area (Å²) in [4.78, 5) is 12.7. The van der Waals surface area contributed by atoms with E-state index in [1.807, 2.05) is 18.2 Å². The van der Waals surface area contributed by atoms with Crippen molar-refractivity contribution in [2.75, 3.05) is 0 Å². The first-order valence-corrected chi connectivity index (χ1v) is 5.70. The molecule has 0 aliphatic carbocycles. The molecular formula is C14H12O2S. The van der Waals surface area contributed by atoms with Crippen LogP contribution in [0.25, 0.3) is 0 Å². The highest BCUT2D eigenvalue weighted by molar-refractivity contribution is 7.80. The van der Waals surface area contributed by atoms with Gasteiger partial charge in [0.15, 0.2) is 5.78 Å². The summed E-state index contributed by atoms with van der Waals surface area (Å²) in [5, 5.41) is 9.32. The molecule has 2 nitrogen and oxygen atoms in total. The molecule has 0 saturated heterocycles.